The van der Waals surface area contributed by atoms with Crippen LogP contribution < -0.4 is 0 Å². The van der Waals surface area contributed by atoms with Gasteiger partial charge in [0.25, 0.3) is 0 Å². The fraction of sp³-hybridized carbons (Fsp3) is 0.444. The molecule has 1 nitrogen and oxygen atoms in total. The van der Waals surface area contributed by atoms with Gasteiger partial charge in [-0.15, -0.1) is 0 Å². The van der Waals surface area contributed by atoms with Crippen LogP contribution >= 0.6 is 0 Å². The minimum Gasteiger partial charge on any atom is -0.385 e. The number of benzene rings is 1. The summed E-state index contributed by atoms with van der Waals surface area (Å²) in [5.41, 5.74) is 2.43. The number of rotatable bonds is 3. The highest BCUT2D eigenvalue weighted by Crippen LogP contribution is 2.45. The fourth-order valence-corrected chi connectivity index (χ4v) is 3.21. The Morgan fingerprint density at radius 3 is 2.63 bits per heavy atom. The van der Waals surface area contributed by atoms with Crippen molar-refractivity contribution in [1.82, 2.24) is 0 Å². The van der Waals surface area contributed by atoms with Gasteiger partial charge in [-0.1, -0.05) is 61.4 Å². The molecule has 0 aromatic heterocycles. The van der Waals surface area contributed by atoms with Gasteiger partial charge in [0.2, 0.25) is 0 Å². The van der Waals surface area contributed by atoms with Crippen LogP contribution in [0.3, 0.4) is 0 Å². The predicted molar refractivity (Wildman–Crippen MR) is 81.8 cm³/mol. The van der Waals surface area contributed by atoms with E-state index in [1.807, 2.05) is 30.3 Å². The number of allylic oxidation sites excluding steroid dienone is 1. The Morgan fingerprint density at radius 1 is 1.32 bits per heavy atom. The van der Waals surface area contributed by atoms with Gasteiger partial charge in [-0.3, -0.25) is 0 Å². The molecule has 0 aliphatic heterocycles. The molecule has 1 aromatic rings. The zero-order chi connectivity index (χ0) is 13.9. The molecule has 0 bridgehead atoms. The van der Waals surface area contributed by atoms with Crippen LogP contribution in [0, 0.1) is 5.92 Å². The van der Waals surface area contributed by atoms with Crippen LogP contribution in [0.5, 0.6) is 0 Å². The van der Waals surface area contributed by atoms with E-state index in [9.17, 15) is 5.11 Å². The summed E-state index contributed by atoms with van der Waals surface area (Å²) in [7, 11) is 0. The van der Waals surface area contributed by atoms with Gasteiger partial charge in [-0.2, -0.15) is 0 Å². The van der Waals surface area contributed by atoms with E-state index >= 15 is 0 Å². The summed E-state index contributed by atoms with van der Waals surface area (Å²) >= 11 is 0. The van der Waals surface area contributed by atoms with Crippen LogP contribution in [0.2, 0.25) is 0 Å². The van der Waals surface area contributed by atoms with Crippen molar-refractivity contribution >= 4 is 5.57 Å². The van der Waals surface area contributed by atoms with Gasteiger partial charge in [0.1, 0.15) is 0 Å². The van der Waals surface area contributed by atoms with Crippen LogP contribution in [0.25, 0.3) is 5.57 Å². The highest BCUT2D eigenvalue weighted by atomic mass is 16.3. The van der Waals surface area contributed by atoms with Crippen molar-refractivity contribution in [2.45, 2.75) is 45.1 Å². The third-order valence-electron chi connectivity index (χ3n) is 4.53. The van der Waals surface area contributed by atoms with Crippen LogP contribution in [-0.4, -0.2) is 10.7 Å². The Bertz CT molecular complexity index is 472. The summed E-state index contributed by atoms with van der Waals surface area (Å²) in [5.74, 6) is 0.207. The Kier molecular flexibility index (Phi) is 4.26. The molecule has 0 spiro atoms. The molecule has 102 valence electrons. The van der Waals surface area contributed by atoms with Crippen LogP contribution in [0.15, 0.2) is 48.6 Å². The van der Waals surface area contributed by atoms with E-state index in [0.29, 0.717) is 0 Å². The van der Waals surface area contributed by atoms with Gasteiger partial charge in [-0.05, 0) is 37.8 Å². The SMILES string of the molecule is C=C(c1ccccc1)[C@@]1(O)CCCC[C@@H]1/C(C)=C/C. The molecule has 1 heteroatoms. The quantitative estimate of drug-likeness (QED) is 0.784. The van der Waals surface area contributed by atoms with E-state index in [2.05, 4.69) is 26.5 Å². The molecular formula is C18H24O. The average molecular weight is 256 g/mol. The molecule has 0 radical (unpaired) electrons. The van der Waals surface area contributed by atoms with Crippen molar-refractivity contribution in [3.63, 3.8) is 0 Å². The lowest BCUT2D eigenvalue weighted by molar-refractivity contribution is 0.0209. The summed E-state index contributed by atoms with van der Waals surface area (Å²) in [6.45, 7) is 8.39. The molecule has 19 heavy (non-hydrogen) atoms. The van der Waals surface area contributed by atoms with Crippen molar-refractivity contribution in [1.29, 1.82) is 0 Å². The van der Waals surface area contributed by atoms with E-state index in [1.165, 1.54) is 12.0 Å². The van der Waals surface area contributed by atoms with E-state index in [4.69, 9.17) is 0 Å². The smallest absolute Gasteiger partial charge is 0.0961 e. The summed E-state index contributed by atoms with van der Waals surface area (Å²) in [6, 6.07) is 10.1. The van der Waals surface area contributed by atoms with Crippen molar-refractivity contribution in [3.8, 4) is 0 Å². The minimum absolute atomic E-state index is 0.207. The van der Waals surface area contributed by atoms with E-state index < -0.39 is 5.60 Å². The molecule has 1 aliphatic carbocycles. The molecule has 1 saturated carbocycles. The Labute approximate surface area is 116 Å². The first kappa shape index (κ1) is 14.1. The number of aliphatic hydroxyl groups is 1. The molecule has 0 unspecified atom stereocenters. The largest absolute Gasteiger partial charge is 0.385 e. The topological polar surface area (TPSA) is 20.2 Å². The summed E-state index contributed by atoms with van der Waals surface area (Å²) < 4.78 is 0. The molecule has 2 atom stereocenters. The van der Waals surface area contributed by atoms with Crippen molar-refractivity contribution in [3.05, 3.63) is 54.1 Å². The summed E-state index contributed by atoms with van der Waals surface area (Å²) in [4.78, 5) is 0. The Morgan fingerprint density at radius 2 is 2.00 bits per heavy atom. The van der Waals surface area contributed by atoms with Gasteiger partial charge < -0.3 is 5.11 Å². The van der Waals surface area contributed by atoms with Crippen LogP contribution in [0.1, 0.15) is 45.1 Å². The molecule has 1 aliphatic rings. The zero-order valence-electron chi connectivity index (χ0n) is 12.0. The highest BCUT2D eigenvalue weighted by Gasteiger charge is 2.42. The predicted octanol–water partition coefficient (Wildman–Crippen LogP) is 4.59. The van der Waals surface area contributed by atoms with Gasteiger partial charge in [0, 0.05) is 5.92 Å². The van der Waals surface area contributed by atoms with Crippen LogP contribution in [0.4, 0.5) is 0 Å². The first-order chi connectivity index (χ1) is 9.09. The van der Waals surface area contributed by atoms with Gasteiger partial charge in [-0.25, -0.2) is 0 Å². The van der Waals surface area contributed by atoms with E-state index in [0.717, 1.165) is 30.4 Å². The maximum Gasteiger partial charge on any atom is 0.0961 e. The highest BCUT2D eigenvalue weighted by molar-refractivity contribution is 5.71. The average Bonchev–Trinajstić information content (AvgIpc) is 2.47. The molecule has 0 heterocycles. The maximum absolute atomic E-state index is 11.2. The lowest BCUT2D eigenvalue weighted by Gasteiger charge is -2.42. The first-order valence-electron chi connectivity index (χ1n) is 7.19. The van der Waals surface area contributed by atoms with E-state index in [1.54, 1.807) is 0 Å². The Balaban J connectivity index is 2.35. The van der Waals surface area contributed by atoms with Crippen molar-refractivity contribution in [2.24, 2.45) is 5.92 Å². The standard InChI is InChI=1S/C18H24O/c1-4-14(2)17-12-8-9-13-18(17,19)15(3)16-10-6-5-7-11-16/h4-7,10-11,17,19H,3,8-9,12-13H2,1-2H3/b14-4+/t17-,18+/m1/s1. The van der Waals surface area contributed by atoms with Gasteiger partial charge >= 0.3 is 0 Å². The first-order valence-corrected chi connectivity index (χ1v) is 7.19. The Hall–Kier alpha value is -1.34. The van der Waals surface area contributed by atoms with Crippen molar-refractivity contribution in [2.75, 3.05) is 0 Å². The fourth-order valence-electron chi connectivity index (χ4n) is 3.21. The molecular weight excluding hydrogens is 232 g/mol. The van der Waals surface area contributed by atoms with Crippen molar-refractivity contribution < 1.29 is 5.11 Å². The van der Waals surface area contributed by atoms with E-state index in [-0.39, 0.29) is 5.92 Å². The normalized spacial score (nSPS) is 28.2. The van der Waals surface area contributed by atoms with Gasteiger partial charge in [0.05, 0.1) is 5.60 Å². The van der Waals surface area contributed by atoms with Crippen LogP contribution in [-0.2, 0) is 0 Å². The second-order valence-electron chi connectivity index (χ2n) is 5.60. The molecule has 1 N–H and O–H groups in total. The van der Waals surface area contributed by atoms with Gasteiger partial charge in [0.15, 0.2) is 0 Å². The molecule has 1 fully saturated rings. The monoisotopic (exact) mass is 256 g/mol. The molecule has 0 saturated heterocycles. The lowest BCUT2D eigenvalue weighted by Crippen LogP contribution is -2.42. The number of hydrogen-bond acceptors (Lipinski definition) is 1. The lowest BCUT2D eigenvalue weighted by atomic mass is 9.67. The molecule has 0 amide bonds. The molecule has 2 rings (SSSR count). The zero-order valence-corrected chi connectivity index (χ0v) is 12.0. The summed E-state index contributed by atoms with van der Waals surface area (Å²) in [5, 5.41) is 11.2. The third kappa shape index (κ3) is 2.66. The maximum atomic E-state index is 11.2. The third-order valence-corrected chi connectivity index (χ3v) is 4.53. The second kappa shape index (κ2) is 5.75. The molecule has 1 aromatic carbocycles. The number of hydrogen-bond donors (Lipinski definition) is 1. The second-order valence-corrected chi connectivity index (χ2v) is 5.60. The minimum atomic E-state index is -0.782. The summed E-state index contributed by atoms with van der Waals surface area (Å²) in [6.07, 6.45) is 6.27.